The van der Waals surface area contributed by atoms with Crippen LogP contribution >= 0.6 is 0 Å². The molecular formula is C13H18F3N3O2. The van der Waals surface area contributed by atoms with E-state index in [-0.39, 0.29) is 11.9 Å². The number of hydrogen-bond donors (Lipinski definition) is 2. The zero-order chi connectivity index (χ0) is 15.5. The van der Waals surface area contributed by atoms with Crippen LogP contribution in [0.15, 0.2) is 6.20 Å². The van der Waals surface area contributed by atoms with Crippen LogP contribution in [0.25, 0.3) is 0 Å². The molecule has 0 radical (unpaired) electrons. The normalized spacial score (nSPS) is 23.0. The molecule has 1 fully saturated rings. The van der Waals surface area contributed by atoms with Crippen LogP contribution < -0.4 is 5.32 Å². The molecule has 0 aromatic carbocycles. The van der Waals surface area contributed by atoms with Crippen molar-refractivity contribution in [2.75, 3.05) is 6.61 Å². The van der Waals surface area contributed by atoms with Gasteiger partial charge in [0.1, 0.15) is 6.61 Å². The van der Waals surface area contributed by atoms with Gasteiger partial charge in [0.05, 0.1) is 17.9 Å². The highest BCUT2D eigenvalue weighted by Gasteiger charge is 2.31. The van der Waals surface area contributed by atoms with Crippen LogP contribution in [-0.2, 0) is 4.74 Å². The Bertz CT molecular complexity index is 487. The van der Waals surface area contributed by atoms with Crippen molar-refractivity contribution >= 4 is 5.91 Å². The summed E-state index contributed by atoms with van der Waals surface area (Å²) in [7, 11) is 0. The lowest BCUT2D eigenvalue weighted by Crippen LogP contribution is -2.41. The monoisotopic (exact) mass is 305 g/mol. The van der Waals surface area contributed by atoms with Crippen LogP contribution in [0.2, 0.25) is 0 Å². The average molecular weight is 305 g/mol. The van der Waals surface area contributed by atoms with Crippen molar-refractivity contribution in [2.24, 2.45) is 0 Å². The average Bonchev–Trinajstić information content (AvgIpc) is 2.82. The van der Waals surface area contributed by atoms with E-state index < -0.39 is 18.9 Å². The fraction of sp³-hybridized carbons (Fsp3) is 0.692. The first-order chi connectivity index (χ1) is 9.85. The highest BCUT2D eigenvalue weighted by atomic mass is 19.4. The van der Waals surface area contributed by atoms with Gasteiger partial charge in [0, 0.05) is 11.7 Å². The van der Waals surface area contributed by atoms with Crippen LogP contribution in [0, 0.1) is 6.92 Å². The molecule has 2 atom stereocenters. The van der Waals surface area contributed by atoms with Gasteiger partial charge in [-0.3, -0.25) is 9.89 Å². The zero-order valence-corrected chi connectivity index (χ0v) is 11.7. The largest absolute Gasteiger partial charge is 0.411 e. The molecular weight excluding hydrogens is 287 g/mol. The van der Waals surface area contributed by atoms with Gasteiger partial charge >= 0.3 is 6.18 Å². The van der Waals surface area contributed by atoms with Crippen molar-refractivity contribution < 1.29 is 22.7 Å². The SMILES string of the molecule is Cc1[nH]ncc1C(=O)NC1CCCC(OCC(F)(F)F)C1. The number of amides is 1. The molecule has 0 aliphatic heterocycles. The number of halogens is 3. The van der Waals surface area contributed by atoms with E-state index >= 15 is 0 Å². The molecule has 1 amide bonds. The second-order valence-corrected chi connectivity index (χ2v) is 5.29. The number of nitrogens with one attached hydrogen (secondary N) is 2. The Balaban J connectivity index is 1.84. The molecule has 5 nitrogen and oxygen atoms in total. The molecule has 2 N–H and O–H groups in total. The molecule has 1 aromatic heterocycles. The Morgan fingerprint density at radius 3 is 2.90 bits per heavy atom. The van der Waals surface area contributed by atoms with E-state index in [4.69, 9.17) is 4.74 Å². The summed E-state index contributed by atoms with van der Waals surface area (Å²) in [5, 5.41) is 9.27. The van der Waals surface area contributed by atoms with E-state index in [2.05, 4.69) is 15.5 Å². The molecule has 1 aliphatic carbocycles. The van der Waals surface area contributed by atoms with Crippen molar-refractivity contribution in [1.29, 1.82) is 0 Å². The maximum absolute atomic E-state index is 12.1. The van der Waals surface area contributed by atoms with Crippen LogP contribution in [-0.4, -0.2) is 41.0 Å². The molecule has 1 aromatic rings. The van der Waals surface area contributed by atoms with Gasteiger partial charge in [-0.25, -0.2) is 0 Å². The summed E-state index contributed by atoms with van der Waals surface area (Å²) in [4.78, 5) is 12.0. The summed E-state index contributed by atoms with van der Waals surface area (Å²) >= 11 is 0. The third-order valence-corrected chi connectivity index (χ3v) is 3.52. The Kier molecular flexibility index (Phi) is 4.87. The van der Waals surface area contributed by atoms with Crippen molar-refractivity contribution in [1.82, 2.24) is 15.5 Å². The van der Waals surface area contributed by atoms with E-state index in [0.717, 1.165) is 12.8 Å². The number of nitrogens with zero attached hydrogens (tertiary/aromatic N) is 1. The minimum atomic E-state index is -4.32. The summed E-state index contributed by atoms with van der Waals surface area (Å²) in [5.74, 6) is -0.261. The highest BCUT2D eigenvalue weighted by molar-refractivity contribution is 5.95. The highest BCUT2D eigenvalue weighted by Crippen LogP contribution is 2.24. The number of aromatic nitrogens is 2. The Morgan fingerprint density at radius 2 is 2.29 bits per heavy atom. The summed E-state index contributed by atoms with van der Waals surface area (Å²) in [6.45, 7) is 0.497. The van der Waals surface area contributed by atoms with Gasteiger partial charge in [-0.2, -0.15) is 18.3 Å². The number of carbonyl (C=O) groups excluding carboxylic acids is 1. The van der Waals surface area contributed by atoms with Crippen molar-refractivity contribution in [3.63, 3.8) is 0 Å². The predicted octanol–water partition coefficient (Wildman–Crippen LogP) is 2.34. The molecule has 1 heterocycles. The molecule has 118 valence electrons. The quantitative estimate of drug-likeness (QED) is 0.897. The minimum Gasteiger partial charge on any atom is -0.369 e. The molecule has 1 aliphatic rings. The number of alkyl halides is 3. The second-order valence-electron chi connectivity index (χ2n) is 5.29. The van der Waals surface area contributed by atoms with Crippen molar-refractivity contribution in [3.05, 3.63) is 17.5 Å². The van der Waals surface area contributed by atoms with Gasteiger partial charge in [0.25, 0.3) is 5.91 Å². The molecule has 8 heteroatoms. The smallest absolute Gasteiger partial charge is 0.369 e. The first-order valence-electron chi connectivity index (χ1n) is 6.84. The summed E-state index contributed by atoms with van der Waals surface area (Å²) in [6.07, 6.45) is -0.871. The van der Waals surface area contributed by atoms with Crippen LogP contribution in [0.5, 0.6) is 0 Å². The van der Waals surface area contributed by atoms with E-state index in [0.29, 0.717) is 24.1 Å². The topological polar surface area (TPSA) is 67.0 Å². The number of rotatable bonds is 4. The fourth-order valence-electron chi connectivity index (χ4n) is 2.48. The predicted molar refractivity (Wildman–Crippen MR) is 68.8 cm³/mol. The Hall–Kier alpha value is -1.57. The first-order valence-corrected chi connectivity index (χ1v) is 6.84. The van der Waals surface area contributed by atoms with Crippen LogP contribution in [0.1, 0.15) is 41.7 Å². The first kappa shape index (κ1) is 15.8. The minimum absolute atomic E-state index is 0.168. The molecule has 21 heavy (non-hydrogen) atoms. The lowest BCUT2D eigenvalue weighted by atomic mass is 9.92. The molecule has 0 saturated heterocycles. The lowest BCUT2D eigenvalue weighted by molar-refractivity contribution is -0.188. The van der Waals surface area contributed by atoms with E-state index in [1.807, 2.05) is 0 Å². The summed E-state index contributed by atoms with van der Waals surface area (Å²) in [5.41, 5.74) is 1.11. The van der Waals surface area contributed by atoms with E-state index in [9.17, 15) is 18.0 Å². The second kappa shape index (κ2) is 6.46. The molecule has 0 bridgehead atoms. The van der Waals surface area contributed by atoms with Gasteiger partial charge in [-0.15, -0.1) is 0 Å². The number of aryl methyl sites for hydroxylation is 1. The Morgan fingerprint density at radius 1 is 1.52 bits per heavy atom. The number of aromatic amines is 1. The third kappa shape index (κ3) is 4.73. The molecule has 2 rings (SSSR count). The maximum atomic E-state index is 12.1. The van der Waals surface area contributed by atoms with E-state index in [1.54, 1.807) is 6.92 Å². The van der Waals surface area contributed by atoms with Gasteiger partial charge in [0.15, 0.2) is 0 Å². The van der Waals surface area contributed by atoms with Gasteiger partial charge < -0.3 is 10.1 Å². The van der Waals surface area contributed by atoms with Gasteiger partial charge in [0.2, 0.25) is 0 Å². The molecule has 1 saturated carbocycles. The maximum Gasteiger partial charge on any atom is 0.411 e. The molecule has 0 spiro atoms. The van der Waals surface area contributed by atoms with Crippen LogP contribution in [0.4, 0.5) is 13.2 Å². The standard InChI is InChI=1S/C13H18F3N3O2/c1-8-11(6-17-19-8)12(20)18-9-3-2-4-10(5-9)21-7-13(14,15)16/h6,9-10H,2-5,7H2,1H3,(H,17,19)(H,18,20). The lowest BCUT2D eigenvalue weighted by Gasteiger charge is -2.30. The Labute approximate surface area is 120 Å². The van der Waals surface area contributed by atoms with Gasteiger partial charge in [-0.05, 0) is 32.6 Å². The fourth-order valence-corrected chi connectivity index (χ4v) is 2.48. The van der Waals surface area contributed by atoms with Crippen LogP contribution in [0.3, 0.4) is 0 Å². The third-order valence-electron chi connectivity index (χ3n) is 3.52. The number of ether oxygens (including phenoxy) is 1. The zero-order valence-electron chi connectivity index (χ0n) is 11.7. The number of carbonyl (C=O) groups is 1. The van der Waals surface area contributed by atoms with Crippen molar-refractivity contribution in [3.8, 4) is 0 Å². The summed E-state index contributed by atoms with van der Waals surface area (Å²) in [6, 6.07) is -0.168. The van der Waals surface area contributed by atoms with Gasteiger partial charge in [-0.1, -0.05) is 0 Å². The number of H-pyrrole nitrogens is 1. The van der Waals surface area contributed by atoms with Crippen molar-refractivity contribution in [2.45, 2.75) is 50.9 Å². The molecule has 2 unspecified atom stereocenters. The summed E-state index contributed by atoms with van der Waals surface area (Å²) < 4.78 is 41.3. The number of hydrogen-bond acceptors (Lipinski definition) is 3. The van der Waals surface area contributed by atoms with E-state index in [1.165, 1.54) is 6.20 Å².